The van der Waals surface area contributed by atoms with E-state index in [1.807, 2.05) is 16.7 Å². The van der Waals surface area contributed by atoms with Crippen molar-refractivity contribution in [3.63, 3.8) is 0 Å². The lowest BCUT2D eigenvalue weighted by Crippen LogP contribution is -2.65. The number of amides is 2. The second-order valence-corrected chi connectivity index (χ2v) is 6.55. The predicted molar refractivity (Wildman–Crippen MR) is 78.7 cm³/mol. The van der Waals surface area contributed by atoms with Crippen LogP contribution in [0.1, 0.15) is 46.0 Å². The number of fused-ring (bicyclic) bond motifs is 1. The summed E-state index contributed by atoms with van der Waals surface area (Å²) < 4.78 is 5.43. The molecule has 0 N–H and O–H groups in total. The third-order valence-electron chi connectivity index (χ3n) is 5.47. The maximum absolute atomic E-state index is 12.9. The van der Waals surface area contributed by atoms with Crippen molar-refractivity contribution < 1.29 is 14.3 Å². The molecule has 0 aromatic heterocycles. The Morgan fingerprint density at radius 2 is 1.90 bits per heavy atom. The van der Waals surface area contributed by atoms with E-state index in [1.165, 1.54) is 0 Å². The first kappa shape index (κ1) is 14.8. The van der Waals surface area contributed by atoms with E-state index in [4.69, 9.17) is 4.74 Å². The van der Waals surface area contributed by atoms with E-state index >= 15 is 0 Å². The molecule has 0 radical (unpaired) electrons. The Balaban J connectivity index is 1.83. The SMILES string of the molecule is CCC1C(=O)N2CCCC2C(=O)N1C(C)C1CCOCC1. The van der Waals surface area contributed by atoms with E-state index in [0.29, 0.717) is 12.3 Å². The molecule has 0 bridgehead atoms. The molecule has 0 saturated carbocycles. The molecule has 3 fully saturated rings. The summed E-state index contributed by atoms with van der Waals surface area (Å²) in [6, 6.07) is -0.315. The molecule has 0 aliphatic carbocycles. The fraction of sp³-hybridized carbons (Fsp3) is 0.875. The second-order valence-electron chi connectivity index (χ2n) is 6.55. The standard InChI is InChI=1S/C16H26N2O3/c1-3-13-15(19)17-8-4-5-14(17)16(20)18(13)11(2)12-6-9-21-10-7-12/h11-14H,3-10H2,1-2H3. The van der Waals surface area contributed by atoms with Crippen molar-refractivity contribution in [2.24, 2.45) is 5.92 Å². The second kappa shape index (κ2) is 5.95. The van der Waals surface area contributed by atoms with Gasteiger partial charge < -0.3 is 14.5 Å². The van der Waals surface area contributed by atoms with E-state index in [1.54, 1.807) is 0 Å². The van der Waals surface area contributed by atoms with Crippen LogP contribution in [0.5, 0.6) is 0 Å². The predicted octanol–water partition coefficient (Wildman–Crippen LogP) is 1.41. The van der Waals surface area contributed by atoms with Crippen LogP contribution in [0.15, 0.2) is 0 Å². The summed E-state index contributed by atoms with van der Waals surface area (Å²) in [5, 5.41) is 0. The molecule has 3 aliphatic rings. The number of hydrogen-bond acceptors (Lipinski definition) is 3. The summed E-state index contributed by atoms with van der Waals surface area (Å²) in [5.74, 6) is 0.800. The Morgan fingerprint density at radius 1 is 1.19 bits per heavy atom. The third-order valence-corrected chi connectivity index (χ3v) is 5.47. The maximum atomic E-state index is 12.9. The zero-order valence-corrected chi connectivity index (χ0v) is 13.1. The van der Waals surface area contributed by atoms with Crippen LogP contribution < -0.4 is 0 Å². The van der Waals surface area contributed by atoms with Crippen molar-refractivity contribution in [3.05, 3.63) is 0 Å². The van der Waals surface area contributed by atoms with Crippen LogP contribution in [0.25, 0.3) is 0 Å². The highest BCUT2D eigenvalue weighted by Gasteiger charge is 2.49. The van der Waals surface area contributed by atoms with Gasteiger partial charge in [0.1, 0.15) is 12.1 Å². The maximum Gasteiger partial charge on any atom is 0.246 e. The molecule has 5 nitrogen and oxygen atoms in total. The number of hydrogen-bond donors (Lipinski definition) is 0. The van der Waals surface area contributed by atoms with Crippen LogP contribution >= 0.6 is 0 Å². The van der Waals surface area contributed by atoms with Gasteiger partial charge >= 0.3 is 0 Å². The number of piperazine rings is 1. The Labute approximate surface area is 126 Å². The van der Waals surface area contributed by atoms with E-state index in [9.17, 15) is 9.59 Å². The first-order chi connectivity index (χ1) is 10.1. The van der Waals surface area contributed by atoms with Gasteiger partial charge in [-0.3, -0.25) is 9.59 Å². The Hall–Kier alpha value is -1.10. The van der Waals surface area contributed by atoms with Crippen LogP contribution in [0.3, 0.4) is 0 Å². The topological polar surface area (TPSA) is 49.9 Å². The number of ether oxygens (including phenoxy) is 1. The summed E-state index contributed by atoms with van der Waals surface area (Å²) in [6.07, 6.45) is 4.48. The van der Waals surface area contributed by atoms with E-state index < -0.39 is 0 Å². The molecule has 2 amide bonds. The van der Waals surface area contributed by atoms with Gasteiger partial charge in [0, 0.05) is 25.8 Å². The van der Waals surface area contributed by atoms with Gasteiger partial charge in [-0.1, -0.05) is 6.92 Å². The summed E-state index contributed by atoms with van der Waals surface area (Å²) in [5.41, 5.74) is 0. The van der Waals surface area contributed by atoms with Crippen molar-refractivity contribution in [2.45, 2.75) is 64.1 Å². The van der Waals surface area contributed by atoms with E-state index in [0.717, 1.165) is 45.4 Å². The van der Waals surface area contributed by atoms with Crippen LogP contribution in [0.4, 0.5) is 0 Å². The van der Waals surface area contributed by atoms with E-state index in [-0.39, 0.29) is 29.9 Å². The number of carbonyl (C=O) groups is 2. The average molecular weight is 294 g/mol. The van der Waals surface area contributed by atoms with Crippen LogP contribution in [0.2, 0.25) is 0 Å². The highest BCUT2D eigenvalue weighted by molar-refractivity contribution is 5.97. The molecule has 0 aromatic rings. The molecular formula is C16H26N2O3. The summed E-state index contributed by atoms with van der Waals surface area (Å²) in [4.78, 5) is 29.3. The zero-order chi connectivity index (χ0) is 15.0. The molecule has 0 aromatic carbocycles. The zero-order valence-electron chi connectivity index (χ0n) is 13.1. The summed E-state index contributed by atoms with van der Waals surface area (Å²) in [6.45, 7) is 6.43. The molecule has 3 atom stereocenters. The quantitative estimate of drug-likeness (QED) is 0.791. The molecule has 3 heterocycles. The minimum absolute atomic E-state index is 0.137. The van der Waals surface area contributed by atoms with Gasteiger partial charge in [0.2, 0.25) is 11.8 Å². The molecule has 21 heavy (non-hydrogen) atoms. The Morgan fingerprint density at radius 3 is 2.57 bits per heavy atom. The van der Waals surface area contributed by atoms with Crippen LogP contribution in [-0.4, -0.2) is 59.5 Å². The minimum atomic E-state index is -0.260. The van der Waals surface area contributed by atoms with Gasteiger partial charge in [-0.2, -0.15) is 0 Å². The lowest BCUT2D eigenvalue weighted by molar-refractivity contribution is -0.164. The van der Waals surface area contributed by atoms with Gasteiger partial charge in [0.15, 0.2) is 0 Å². The summed E-state index contributed by atoms with van der Waals surface area (Å²) >= 11 is 0. The van der Waals surface area contributed by atoms with Gasteiger partial charge in [0.25, 0.3) is 0 Å². The molecule has 3 rings (SSSR count). The minimum Gasteiger partial charge on any atom is -0.381 e. The smallest absolute Gasteiger partial charge is 0.246 e. The molecule has 3 saturated heterocycles. The monoisotopic (exact) mass is 294 g/mol. The van der Waals surface area contributed by atoms with Crippen LogP contribution in [-0.2, 0) is 14.3 Å². The fourth-order valence-corrected chi connectivity index (χ4v) is 4.20. The highest BCUT2D eigenvalue weighted by atomic mass is 16.5. The van der Waals surface area contributed by atoms with Crippen molar-refractivity contribution in [1.82, 2.24) is 9.80 Å². The first-order valence-corrected chi connectivity index (χ1v) is 8.35. The molecule has 118 valence electrons. The third kappa shape index (κ3) is 2.45. The van der Waals surface area contributed by atoms with Gasteiger partial charge in [-0.15, -0.1) is 0 Å². The van der Waals surface area contributed by atoms with E-state index in [2.05, 4.69) is 6.92 Å². The fourth-order valence-electron chi connectivity index (χ4n) is 4.20. The first-order valence-electron chi connectivity index (χ1n) is 8.35. The van der Waals surface area contributed by atoms with Gasteiger partial charge in [-0.05, 0) is 44.9 Å². The van der Waals surface area contributed by atoms with Crippen LogP contribution in [0, 0.1) is 5.92 Å². The van der Waals surface area contributed by atoms with Gasteiger partial charge in [-0.25, -0.2) is 0 Å². The highest BCUT2D eigenvalue weighted by Crippen LogP contribution is 2.33. The average Bonchev–Trinajstić information content (AvgIpc) is 3.01. The lowest BCUT2D eigenvalue weighted by atomic mass is 9.89. The van der Waals surface area contributed by atoms with Crippen molar-refractivity contribution in [3.8, 4) is 0 Å². The molecule has 3 aliphatic heterocycles. The van der Waals surface area contributed by atoms with Gasteiger partial charge in [0.05, 0.1) is 0 Å². The number of rotatable bonds is 3. The lowest BCUT2D eigenvalue weighted by Gasteiger charge is -2.47. The van der Waals surface area contributed by atoms with Crippen molar-refractivity contribution in [1.29, 1.82) is 0 Å². The number of carbonyl (C=O) groups excluding carboxylic acids is 2. The molecular weight excluding hydrogens is 268 g/mol. The summed E-state index contributed by atoms with van der Waals surface area (Å²) in [7, 11) is 0. The normalized spacial score (nSPS) is 32.5. The number of nitrogens with zero attached hydrogens (tertiary/aromatic N) is 2. The Kier molecular flexibility index (Phi) is 4.20. The van der Waals surface area contributed by atoms with Crippen molar-refractivity contribution in [2.75, 3.05) is 19.8 Å². The largest absolute Gasteiger partial charge is 0.381 e. The van der Waals surface area contributed by atoms with Crippen molar-refractivity contribution >= 4 is 11.8 Å². The Bertz CT molecular complexity index is 420. The molecule has 0 spiro atoms. The molecule has 5 heteroatoms. The molecule has 3 unspecified atom stereocenters.